The lowest BCUT2D eigenvalue weighted by Crippen LogP contribution is -2.29. The summed E-state index contributed by atoms with van der Waals surface area (Å²) in [4.78, 5) is 31.0. The van der Waals surface area contributed by atoms with Gasteiger partial charge in [0.05, 0.1) is 5.57 Å². The lowest BCUT2D eigenvalue weighted by molar-refractivity contribution is -0.132. The Labute approximate surface area is 165 Å². The number of hydrogen-bond acceptors (Lipinski definition) is 5. The van der Waals surface area contributed by atoms with Crippen LogP contribution in [0.15, 0.2) is 70.9 Å². The van der Waals surface area contributed by atoms with Crippen LogP contribution in [0.4, 0.5) is 5.69 Å². The number of nitrogens with zero attached hydrogens (tertiary/aromatic N) is 2. The zero-order chi connectivity index (χ0) is 19.8. The first-order valence-electron chi connectivity index (χ1n) is 8.50. The Morgan fingerprint density at radius 2 is 1.89 bits per heavy atom. The number of carbonyl (C=O) groups is 2. The number of hydrogen-bond donors (Lipinski definition) is 1. The molecule has 1 amide bonds. The molecule has 0 radical (unpaired) electrons. The number of halogens is 1. The van der Waals surface area contributed by atoms with Gasteiger partial charge in [0.1, 0.15) is 23.3 Å². The van der Waals surface area contributed by atoms with Crippen molar-refractivity contribution in [2.45, 2.75) is 13.0 Å². The van der Waals surface area contributed by atoms with E-state index in [2.05, 4.69) is 4.98 Å². The van der Waals surface area contributed by atoms with Gasteiger partial charge < -0.3 is 9.52 Å². The molecule has 3 aromatic rings. The third-order valence-electron chi connectivity index (χ3n) is 4.52. The Hall–Kier alpha value is -3.38. The maximum absolute atomic E-state index is 12.9. The quantitative estimate of drug-likeness (QED) is 0.407. The van der Waals surface area contributed by atoms with E-state index < -0.39 is 17.7 Å². The SMILES string of the molecule is Cc1ccc(C2/C(=C(/O)c3ccncc3)C(=O)C(=O)N2c2cccc(Cl)c2)o1. The molecule has 2 aromatic heterocycles. The third kappa shape index (κ3) is 2.97. The number of benzene rings is 1. The van der Waals surface area contributed by atoms with Gasteiger partial charge in [-0.3, -0.25) is 19.5 Å². The Morgan fingerprint density at radius 3 is 2.54 bits per heavy atom. The molecular weight excluding hydrogens is 380 g/mol. The lowest BCUT2D eigenvalue weighted by Gasteiger charge is -2.23. The average molecular weight is 395 g/mol. The van der Waals surface area contributed by atoms with E-state index in [0.717, 1.165) is 0 Å². The van der Waals surface area contributed by atoms with Crippen molar-refractivity contribution < 1.29 is 19.1 Å². The molecule has 1 atom stereocenters. The van der Waals surface area contributed by atoms with E-state index in [9.17, 15) is 14.7 Å². The number of ketones is 1. The van der Waals surface area contributed by atoms with Crippen molar-refractivity contribution in [2.24, 2.45) is 0 Å². The maximum atomic E-state index is 12.9. The summed E-state index contributed by atoms with van der Waals surface area (Å²) in [6.45, 7) is 1.76. The molecule has 28 heavy (non-hydrogen) atoms. The number of aliphatic hydroxyl groups excluding tert-OH is 1. The van der Waals surface area contributed by atoms with Crippen molar-refractivity contribution in [2.75, 3.05) is 4.90 Å². The Balaban J connectivity index is 1.95. The number of Topliss-reactive ketones (excluding diaryl/α,β-unsaturated/α-hetero) is 1. The van der Waals surface area contributed by atoms with Gasteiger partial charge in [0.25, 0.3) is 11.7 Å². The molecule has 1 aliphatic heterocycles. The minimum atomic E-state index is -0.916. The summed E-state index contributed by atoms with van der Waals surface area (Å²) in [6, 6.07) is 12.2. The molecule has 1 N–H and O–H groups in total. The van der Waals surface area contributed by atoms with Crippen LogP contribution >= 0.6 is 11.6 Å². The predicted molar refractivity (Wildman–Crippen MR) is 104 cm³/mol. The monoisotopic (exact) mass is 394 g/mol. The fourth-order valence-electron chi connectivity index (χ4n) is 3.26. The van der Waals surface area contributed by atoms with E-state index in [1.807, 2.05) is 0 Å². The summed E-state index contributed by atoms with van der Waals surface area (Å²) in [5.74, 6) is -0.863. The third-order valence-corrected chi connectivity index (χ3v) is 4.75. The van der Waals surface area contributed by atoms with Gasteiger partial charge in [-0.2, -0.15) is 0 Å². The summed E-state index contributed by atoms with van der Waals surface area (Å²) >= 11 is 6.09. The number of furan rings is 1. The molecule has 140 valence electrons. The fourth-order valence-corrected chi connectivity index (χ4v) is 3.44. The second-order valence-corrected chi connectivity index (χ2v) is 6.77. The zero-order valence-corrected chi connectivity index (χ0v) is 15.6. The van der Waals surface area contributed by atoms with Crippen molar-refractivity contribution in [1.29, 1.82) is 0 Å². The average Bonchev–Trinajstić information content (AvgIpc) is 3.23. The summed E-state index contributed by atoms with van der Waals surface area (Å²) in [5, 5.41) is 11.3. The van der Waals surface area contributed by atoms with Crippen molar-refractivity contribution in [3.63, 3.8) is 0 Å². The largest absolute Gasteiger partial charge is 0.507 e. The standard InChI is InChI=1S/C21H15ClN2O4/c1-12-5-6-16(28-12)18-17(19(25)13-7-9-23-10-8-13)20(26)21(27)24(18)15-4-2-3-14(22)11-15/h2-11,18,25H,1H3/b19-17-. The van der Waals surface area contributed by atoms with E-state index in [-0.39, 0.29) is 11.3 Å². The van der Waals surface area contributed by atoms with Gasteiger partial charge in [-0.25, -0.2) is 0 Å². The van der Waals surface area contributed by atoms with Crippen LogP contribution in [0, 0.1) is 6.92 Å². The molecule has 3 heterocycles. The fraction of sp³-hybridized carbons (Fsp3) is 0.0952. The second-order valence-electron chi connectivity index (χ2n) is 6.33. The number of aryl methyl sites for hydroxylation is 1. The highest BCUT2D eigenvalue weighted by atomic mass is 35.5. The summed E-state index contributed by atoms with van der Waals surface area (Å²) < 4.78 is 5.73. The van der Waals surface area contributed by atoms with Gasteiger partial charge in [0.2, 0.25) is 0 Å². The first-order chi connectivity index (χ1) is 13.5. The van der Waals surface area contributed by atoms with Crippen LogP contribution in [0.2, 0.25) is 5.02 Å². The van der Waals surface area contributed by atoms with E-state index in [4.69, 9.17) is 16.0 Å². The number of anilines is 1. The molecule has 1 aliphatic rings. The van der Waals surface area contributed by atoms with Crippen LogP contribution < -0.4 is 4.90 Å². The Kier molecular flexibility index (Phi) is 4.49. The van der Waals surface area contributed by atoms with Crippen LogP contribution in [-0.4, -0.2) is 21.8 Å². The molecule has 0 aliphatic carbocycles. The van der Waals surface area contributed by atoms with Crippen LogP contribution in [0.5, 0.6) is 0 Å². The van der Waals surface area contributed by atoms with Crippen LogP contribution in [0.3, 0.4) is 0 Å². The highest BCUT2D eigenvalue weighted by Gasteiger charge is 2.48. The minimum Gasteiger partial charge on any atom is -0.507 e. The van der Waals surface area contributed by atoms with Crippen molar-refractivity contribution >= 4 is 34.7 Å². The van der Waals surface area contributed by atoms with Gasteiger partial charge >= 0.3 is 0 Å². The topological polar surface area (TPSA) is 83.6 Å². The van der Waals surface area contributed by atoms with E-state index in [0.29, 0.717) is 27.8 Å². The maximum Gasteiger partial charge on any atom is 0.300 e. The molecule has 4 rings (SSSR count). The summed E-state index contributed by atoms with van der Waals surface area (Å²) in [7, 11) is 0. The van der Waals surface area contributed by atoms with Gasteiger partial charge in [0.15, 0.2) is 0 Å². The molecule has 6 nitrogen and oxygen atoms in total. The van der Waals surface area contributed by atoms with E-state index in [1.165, 1.54) is 17.3 Å². The van der Waals surface area contributed by atoms with Crippen LogP contribution in [-0.2, 0) is 9.59 Å². The summed E-state index contributed by atoms with van der Waals surface area (Å²) in [6.07, 6.45) is 2.99. The number of carbonyl (C=O) groups excluding carboxylic acids is 2. The first-order valence-corrected chi connectivity index (χ1v) is 8.88. The Bertz CT molecular complexity index is 1100. The molecule has 1 fully saturated rings. The first kappa shape index (κ1) is 18.0. The van der Waals surface area contributed by atoms with Crippen LogP contribution in [0.25, 0.3) is 5.76 Å². The normalized spacial score (nSPS) is 18.6. The van der Waals surface area contributed by atoms with Crippen molar-refractivity contribution in [1.82, 2.24) is 4.98 Å². The van der Waals surface area contributed by atoms with E-state index in [1.54, 1.807) is 55.5 Å². The smallest absolute Gasteiger partial charge is 0.300 e. The molecule has 0 bridgehead atoms. The van der Waals surface area contributed by atoms with Gasteiger partial charge in [-0.1, -0.05) is 17.7 Å². The molecular formula is C21H15ClN2O4. The lowest BCUT2D eigenvalue weighted by atomic mass is 9.99. The molecule has 1 unspecified atom stereocenters. The second kappa shape index (κ2) is 6.98. The number of amides is 1. The number of pyridine rings is 1. The van der Waals surface area contributed by atoms with Gasteiger partial charge in [-0.15, -0.1) is 0 Å². The van der Waals surface area contributed by atoms with E-state index >= 15 is 0 Å². The predicted octanol–water partition coefficient (Wildman–Crippen LogP) is 4.26. The van der Waals surface area contributed by atoms with Crippen molar-refractivity contribution in [3.8, 4) is 0 Å². The van der Waals surface area contributed by atoms with Crippen molar-refractivity contribution in [3.05, 3.63) is 88.6 Å². The summed E-state index contributed by atoms with van der Waals surface area (Å²) in [5.41, 5.74) is 0.764. The highest BCUT2D eigenvalue weighted by Crippen LogP contribution is 2.42. The minimum absolute atomic E-state index is 0.0504. The Morgan fingerprint density at radius 1 is 1.14 bits per heavy atom. The number of rotatable bonds is 3. The van der Waals surface area contributed by atoms with Gasteiger partial charge in [-0.05, 0) is 49.4 Å². The number of aromatic nitrogens is 1. The molecule has 1 aromatic carbocycles. The zero-order valence-electron chi connectivity index (χ0n) is 14.8. The highest BCUT2D eigenvalue weighted by molar-refractivity contribution is 6.51. The molecule has 0 spiro atoms. The molecule has 0 saturated carbocycles. The molecule has 7 heteroatoms. The van der Waals surface area contributed by atoms with Gasteiger partial charge in [0, 0.05) is 28.7 Å². The van der Waals surface area contributed by atoms with Crippen LogP contribution in [0.1, 0.15) is 23.1 Å². The molecule has 1 saturated heterocycles. The number of aliphatic hydroxyl groups is 1.